The standard InChI is InChI=1S/C10H17F3N4O2S/c1-2-6-17-7-8(9(14)16-17)20(18,19)15-5-3-4-10(11,12)13/h7,15H,2-6H2,1H3,(H2,14,16). The molecule has 0 aliphatic carbocycles. The Morgan fingerprint density at radius 1 is 1.45 bits per heavy atom. The maximum atomic E-state index is 11.9. The van der Waals surface area contributed by atoms with E-state index in [1.54, 1.807) is 0 Å². The minimum atomic E-state index is -4.30. The summed E-state index contributed by atoms with van der Waals surface area (Å²) in [5.41, 5.74) is 5.50. The van der Waals surface area contributed by atoms with Gasteiger partial charge in [-0.3, -0.25) is 4.68 Å². The largest absolute Gasteiger partial charge is 0.389 e. The molecule has 10 heteroatoms. The van der Waals surface area contributed by atoms with Gasteiger partial charge in [-0.25, -0.2) is 13.1 Å². The second-order valence-corrected chi connectivity index (χ2v) is 5.99. The van der Waals surface area contributed by atoms with Crippen molar-refractivity contribution in [3.63, 3.8) is 0 Å². The van der Waals surface area contributed by atoms with Crippen LogP contribution < -0.4 is 10.5 Å². The van der Waals surface area contributed by atoms with Crippen molar-refractivity contribution in [2.75, 3.05) is 12.3 Å². The summed E-state index contributed by atoms with van der Waals surface area (Å²) < 4.78 is 63.0. The molecule has 1 rings (SSSR count). The molecule has 0 fully saturated rings. The van der Waals surface area contributed by atoms with Gasteiger partial charge in [-0.05, 0) is 12.8 Å². The number of halogens is 3. The van der Waals surface area contributed by atoms with Crippen molar-refractivity contribution >= 4 is 15.8 Å². The van der Waals surface area contributed by atoms with Gasteiger partial charge in [0.1, 0.15) is 4.90 Å². The summed E-state index contributed by atoms with van der Waals surface area (Å²) in [5, 5.41) is 3.83. The fraction of sp³-hybridized carbons (Fsp3) is 0.700. The summed E-state index contributed by atoms with van der Waals surface area (Å²) in [6, 6.07) is 0. The predicted molar refractivity (Wildman–Crippen MR) is 67.4 cm³/mol. The highest BCUT2D eigenvalue weighted by atomic mass is 32.2. The van der Waals surface area contributed by atoms with Crippen LogP contribution in [0, 0.1) is 0 Å². The maximum Gasteiger partial charge on any atom is 0.389 e. The molecule has 0 spiro atoms. The first-order valence-corrected chi connectivity index (χ1v) is 7.53. The number of nitrogen functional groups attached to an aromatic ring is 1. The number of aromatic nitrogens is 2. The van der Waals surface area contributed by atoms with Crippen LogP contribution in [0.25, 0.3) is 0 Å². The lowest BCUT2D eigenvalue weighted by molar-refractivity contribution is -0.135. The summed E-state index contributed by atoms with van der Waals surface area (Å²) in [5.74, 6) is -0.165. The Labute approximate surface area is 115 Å². The van der Waals surface area contributed by atoms with Crippen LogP contribution in [0.1, 0.15) is 26.2 Å². The van der Waals surface area contributed by atoms with Gasteiger partial charge in [-0.2, -0.15) is 18.3 Å². The quantitative estimate of drug-likeness (QED) is 0.746. The van der Waals surface area contributed by atoms with E-state index >= 15 is 0 Å². The van der Waals surface area contributed by atoms with E-state index in [1.807, 2.05) is 6.92 Å². The third-order valence-corrected chi connectivity index (χ3v) is 3.90. The molecule has 116 valence electrons. The first kappa shape index (κ1) is 16.8. The van der Waals surface area contributed by atoms with Gasteiger partial charge in [0, 0.05) is 25.7 Å². The summed E-state index contributed by atoms with van der Waals surface area (Å²) >= 11 is 0. The normalized spacial score (nSPS) is 12.8. The minimum Gasteiger partial charge on any atom is -0.381 e. The number of anilines is 1. The van der Waals surface area contributed by atoms with Crippen molar-refractivity contribution in [1.29, 1.82) is 0 Å². The molecule has 0 aliphatic rings. The molecule has 1 heterocycles. The van der Waals surface area contributed by atoms with Crippen LogP contribution in [0.4, 0.5) is 19.0 Å². The molecule has 6 nitrogen and oxygen atoms in total. The number of hydrogen-bond acceptors (Lipinski definition) is 4. The van der Waals surface area contributed by atoms with Crippen molar-refractivity contribution in [1.82, 2.24) is 14.5 Å². The zero-order chi connectivity index (χ0) is 15.4. The Morgan fingerprint density at radius 3 is 2.65 bits per heavy atom. The van der Waals surface area contributed by atoms with Gasteiger partial charge in [-0.15, -0.1) is 0 Å². The highest BCUT2D eigenvalue weighted by Crippen LogP contribution is 2.21. The summed E-state index contributed by atoms with van der Waals surface area (Å²) in [4.78, 5) is -0.210. The van der Waals surface area contributed by atoms with Crippen LogP contribution in [-0.2, 0) is 16.6 Å². The van der Waals surface area contributed by atoms with Gasteiger partial charge < -0.3 is 5.73 Å². The van der Waals surface area contributed by atoms with E-state index in [4.69, 9.17) is 5.73 Å². The van der Waals surface area contributed by atoms with Gasteiger partial charge >= 0.3 is 6.18 Å². The Hall–Kier alpha value is -1.29. The van der Waals surface area contributed by atoms with E-state index in [1.165, 1.54) is 10.9 Å². The average Bonchev–Trinajstić information content (AvgIpc) is 2.66. The molecular formula is C10H17F3N4O2S. The van der Waals surface area contributed by atoms with Crippen LogP contribution in [0.5, 0.6) is 0 Å². The topological polar surface area (TPSA) is 90.0 Å². The molecule has 20 heavy (non-hydrogen) atoms. The number of nitrogens with two attached hydrogens (primary N) is 1. The first-order chi connectivity index (χ1) is 9.15. The lowest BCUT2D eigenvalue weighted by Gasteiger charge is -2.07. The van der Waals surface area contributed by atoms with Crippen molar-refractivity contribution < 1.29 is 21.6 Å². The third-order valence-electron chi connectivity index (χ3n) is 2.43. The molecule has 0 radical (unpaired) electrons. The van der Waals surface area contributed by atoms with Crippen molar-refractivity contribution in [3.05, 3.63) is 6.20 Å². The lowest BCUT2D eigenvalue weighted by Crippen LogP contribution is -2.26. The monoisotopic (exact) mass is 314 g/mol. The van der Waals surface area contributed by atoms with Gasteiger partial charge in [0.05, 0.1) is 0 Å². The van der Waals surface area contributed by atoms with Crippen LogP contribution in [0.2, 0.25) is 0 Å². The van der Waals surface area contributed by atoms with Crippen molar-refractivity contribution in [3.8, 4) is 0 Å². The fourth-order valence-electron chi connectivity index (χ4n) is 1.54. The molecule has 1 aromatic heterocycles. The fourth-order valence-corrected chi connectivity index (χ4v) is 2.69. The lowest BCUT2D eigenvalue weighted by atomic mass is 10.3. The molecule has 3 N–H and O–H groups in total. The number of rotatable bonds is 7. The predicted octanol–water partition coefficient (Wildman–Crippen LogP) is 1.50. The Bertz CT molecular complexity index is 539. The number of alkyl halides is 3. The van der Waals surface area contributed by atoms with E-state index in [0.717, 1.165) is 6.42 Å². The van der Waals surface area contributed by atoms with E-state index < -0.39 is 22.6 Å². The smallest absolute Gasteiger partial charge is 0.381 e. The third kappa shape index (κ3) is 5.00. The minimum absolute atomic E-state index is 0.165. The van der Waals surface area contributed by atoms with E-state index in [0.29, 0.717) is 6.54 Å². The molecule has 0 saturated carbocycles. The number of nitrogens with one attached hydrogen (secondary N) is 1. The van der Waals surface area contributed by atoms with E-state index in [9.17, 15) is 21.6 Å². The van der Waals surface area contributed by atoms with Gasteiger partial charge in [0.2, 0.25) is 10.0 Å². The van der Waals surface area contributed by atoms with Crippen LogP contribution >= 0.6 is 0 Å². The SMILES string of the molecule is CCCn1cc(S(=O)(=O)NCCCC(F)(F)F)c(N)n1. The number of aryl methyl sites for hydroxylation is 1. The van der Waals surface area contributed by atoms with Crippen LogP contribution in [-0.4, -0.2) is 30.9 Å². The van der Waals surface area contributed by atoms with Crippen LogP contribution in [0.3, 0.4) is 0 Å². The molecule has 1 aromatic rings. The first-order valence-electron chi connectivity index (χ1n) is 6.05. The summed E-state index contributed by atoms with van der Waals surface area (Å²) in [6.07, 6.45) is -3.65. The maximum absolute atomic E-state index is 11.9. The molecular weight excluding hydrogens is 297 g/mol. The van der Waals surface area contributed by atoms with Crippen molar-refractivity contribution in [2.24, 2.45) is 0 Å². The number of nitrogens with zero attached hydrogens (tertiary/aromatic N) is 2. The summed E-state index contributed by atoms with van der Waals surface area (Å²) in [6.45, 7) is 2.09. The number of sulfonamides is 1. The van der Waals surface area contributed by atoms with E-state index in [2.05, 4.69) is 9.82 Å². The van der Waals surface area contributed by atoms with Crippen molar-refractivity contribution in [2.45, 2.75) is 43.8 Å². The summed E-state index contributed by atoms with van der Waals surface area (Å²) in [7, 11) is -3.93. The number of hydrogen-bond donors (Lipinski definition) is 2. The Balaban J connectivity index is 2.64. The molecule has 0 aliphatic heterocycles. The second kappa shape index (κ2) is 6.44. The highest BCUT2D eigenvalue weighted by Gasteiger charge is 2.27. The molecule has 0 atom stereocenters. The molecule has 0 bridgehead atoms. The van der Waals surface area contributed by atoms with Gasteiger partial charge in [-0.1, -0.05) is 6.92 Å². The highest BCUT2D eigenvalue weighted by molar-refractivity contribution is 7.89. The second-order valence-electron chi connectivity index (χ2n) is 4.26. The zero-order valence-corrected chi connectivity index (χ0v) is 11.8. The van der Waals surface area contributed by atoms with Crippen LogP contribution in [0.15, 0.2) is 11.1 Å². The molecule has 0 amide bonds. The Morgan fingerprint density at radius 2 is 2.10 bits per heavy atom. The molecule has 0 saturated heterocycles. The van der Waals surface area contributed by atoms with E-state index in [-0.39, 0.29) is 23.7 Å². The molecule has 0 aromatic carbocycles. The molecule has 0 unspecified atom stereocenters. The van der Waals surface area contributed by atoms with Gasteiger partial charge in [0.15, 0.2) is 5.82 Å². The average molecular weight is 314 g/mol. The Kier molecular flexibility index (Phi) is 5.40. The van der Waals surface area contributed by atoms with Gasteiger partial charge in [0.25, 0.3) is 0 Å². The zero-order valence-electron chi connectivity index (χ0n) is 10.9.